The van der Waals surface area contributed by atoms with Crippen LogP contribution in [-0.2, 0) is 19.7 Å². The van der Waals surface area contributed by atoms with Crippen LogP contribution in [0.5, 0.6) is 11.5 Å². The molecule has 0 saturated carbocycles. The normalized spacial score (nSPS) is 11.1. The van der Waals surface area contributed by atoms with Gasteiger partial charge in [-0.15, -0.1) is 0 Å². The quantitative estimate of drug-likeness (QED) is 0.377. The number of fused-ring (bicyclic) bond motifs is 1. The maximum atomic E-state index is 12.4. The molecule has 1 N–H and O–H groups in total. The predicted octanol–water partition coefficient (Wildman–Crippen LogP) is 4.92. The largest absolute Gasteiger partial charge is 0.490 e. The molecule has 1 aromatic heterocycles. The summed E-state index contributed by atoms with van der Waals surface area (Å²) in [5.74, 6) is 2.13. The molecule has 0 unspecified atom stereocenters. The number of nitrogens with one attached hydrogen (secondary N) is 1. The Labute approximate surface area is 193 Å². The summed E-state index contributed by atoms with van der Waals surface area (Å²) >= 11 is 0. The van der Waals surface area contributed by atoms with Crippen molar-refractivity contribution in [1.82, 2.24) is 14.9 Å². The highest BCUT2D eigenvalue weighted by Gasteiger charge is 2.12. The predicted molar refractivity (Wildman–Crippen MR) is 131 cm³/mol. The molecule has 0 aliphatic rings. The van der Waals surface area contributed by atoms with Gasteiger partial charge in [-0.3, -0.25) is 9.69 Å². The van der Waals surface area contributed by atoms with Gasteiger partial charge in [-0.2, -0.15) is 0 Å². The molecule has 0 radical (unpaired) electrons. The SMILES string of the molecule is CCOc1cc(CN(CC)Cc2nc3ccccc3c(=O)[nH]2)ccc1OCc1ccccc1. The van der Waals surface area contributed by atoms with Crippen LogP contribution in [0.2, 0.25) is 0 Å². The van der Waals surface area contributed by atoms with Crippen molar-refractivity contribution in [2.24, 2.45) is 0 Å². The topological polar surface area (TPSA) is 67.5 Å². The number of nitrogens with zero attached hydrogens (tertiary/aromatic N) is 2. The number of rotatable bonds is 10. The van der Waals surface area contributed by atoms with Crippen molar-refractivity contribution in [3.63, 3.8) is 0 Å². The van der Waals surface area contributed by atoms with E-state index in [1.165, 1.54) is 0 Å². The first-order chi connectivity index (χ1) is 16.2. The van der Waals surface area contributed by atoms with Crippen LogP contribution in [0, 0.1) is 0 Å². The zero-order valence-corrected chi connectivity index (χ0v) is 19.1. The van der Waals surface area contributed by atoms with Crippen molar-refractivity contribution in [3.05, 3.63) is 100 Å². The molecule has 0 bridgehead atoms. The molecule has 6 nitrogen and oxygen atoms in total. The van der Waals surface area contributed by atoms with Crippen molar-refractivity contribution < 1.29 is 9.47 Å². The minimum atomic E-state index is -0.106. The molecule has 3 aromatic carbocycles. The highest BCUT2D eigenvalue weighted by atomic mass is 16.5. The van der Waals surface area contributed by atoms with Gasteiger partial charge in [0.2, 0.25) is 0 Å². The fourth-order valence-corrected chi connectivity index (χ4v) is 3.73. The second kappa shape index (κ2) is 10.8. The summed E-state index contributed by atoms with van der Waals surface area (Å²) in [7, 11) is 0. The van der Waals surface area contributed by atoms with Crippen LogP contribution < -0.4 is 15.0 Å². The van der Waals surface area contributed by atoms with Crippen LogP contribution in [0.15, 0.2) is 77.6 Å². The van der Waals surface area contributed by atoms with Crippen molar-refractivity contribution >= 4 is 10.9 Å². The third kappa shape index (κ3) is 5.79. The Balaban J connectivity index is 1.48. The Morgan fingerprint density at radius 2 is 1.64 bits per heavy atom. The second-order valence-electron chi connectivity index (χ2n) is 7.82. The van der Waals surface area contributed by atoms with Crippen LogP contribution >= 0.6 is 0 Å². The van der Waals surface area contributed by atoms with Crippen molar-refractivity contribution in [2.75, 3.05) is 13.2 Å². The first-order valence-electron chi connectivity index (χ1n) is 11.3. The average Bonchev–Trinajstić information content (AvgIpc) is 2.84. The molecule has 0 atom stereocenters. The molecule has 0 aliphatic carbocycles. The van der Waals surface area contributed by atoms with Gasteiger partial charge in [0.15, 0.2) is 11.5 Å². The summed E-state index contributed by atoms with van der Waals surface area (Å²) in [6.45, 7) is 7.17. The minimum Gasteiger partial charge on any atom is -0.490 e. The summed E-state index contributed by atoms with van der Waals surface area (Å²) in [5, 5.41) is 0.608. The van der Waals surface area contributed by atoms with E-state index in [4.69, 9.17) is 9.47 Å². The van der Waals surface area contributed by atoms with Crippen molar-refractivity contribution in [2.45, 2.75) is 33.5 Å². The van der Waals surface area contributed by atoms with Gasteiger partial charge in [0, 0.05) is 6.54 Å². The number of hydrogen-bond acceptors (Lipinski definition) is 5. The van der Waals surface area contributed by atoms with Crippen LogP contribution in [0.1, 0.15) is 30.8 Å². The highest BCUT2D eigenvalue weighted by molar-refractivity contribution is 5.77. The van der Waals surface area contributed by atoms with Gasteiger partial charge in [-0.05, 0) is 48.9 Å². The van der Waals surface area contributed by atoms with Gasteiger partial charge in [-0.1, -0.05) is 55.5 Å². The Hall–Kier alpha value is -3.64. The molecular weight excluding hydrogens is 414 g/mol. The van der Waals surface area contributed by atoms with E-state index < -0.39 is 0 Å². The zero-order valence-electron chi connectivity index (χ0n) is 19.1. The Bertz CT molecular complexity index is 1250. The molecule has 4 rings (SSSR count). The highest BCUT2D eigenvalue weighted by Crippen LogP contribution is 2.30. The summed E-state index contributed by atoms with van der Waals surface area (Å²) in [5.41, 5.74) is 2.82. The lowest BCUT2D eigenvalue weighted by Crippen LogP contribution is -2.25. The van der Waals surface area contributed by atoms with E-state index in [-0.39, 0.29) is 5.56 Å². The average molecular weight is 444 g/mol. The first-order valence-corrected chi connectivity index (χ1v) is 11.3. The molecule has 4 aromatic rings. The number of ether oxygens (including phenoxy) is 2. The molecule has 0 spiro atoms. The molecule has 0 amide bonds. The molecule has 6 heteroatoms. The molecule has 0 fully saturated rings. The van der Waals surface area contributed by atoms with Gasteiger partial charge in [-0.25, -0.2) is 4.98 Å². The number of hydrogen-bond donors (Lipinski definition) is 1. The number of para-hydroxylation sites is 1. The van der Waals surface area contributed by atoms with Crippen molar-refractivity contribution in [1.29, 1.82) is 0 Å². The third-order valence-electron chi connectivity index (χ3n) is 5.43. The van der Waals surface area contributed by atoms with E-state index in [1.807, 2.05) is 67.6 Å². The van der Waals surface area contributed by atoms with E-state index >= 15 is 0 Å². The molecule has 170 valence electrons. The molecule has 0 saturated heterocycles. The smallest absolute Gasteiger partial charge is 0.258 e. The maximum Gasteiger partial charge on any atom is 0.258 e. The minimum absolute atomic E-state index is 0.106. The summed E-state index contributed by atoms with van der Waals surface area (Å²) in [6.07, 6.45) is 0. The lowest BCUT2D eigenvalue weighted by molar-refractivity contribution is 0.258. The van der Waals surface area contributed by atoms with Crippen LogP contribution in [0.4, 0.5) is 0 Å². The second-order valence-corrected chi connectivity index (χ2v) is 7.82. The first kappa shape index (κ1) is 22.6. The van der Waals surface area contributed by atoms with Gasteiger partial charge < -0.3 is 14.5 Å². The Morgan fingerprint density at radius 1 is 0.848 bits per heavy atom. The fraction of sp³-hybridized carbons (Fsp3) is 0.259. The maximum absolute atomic E-state index is 12.4. The molecular formula is C27H29N3O3. The van der Waals surface area contributed by atoms with E-state index in [9.17, 15) is 4.79 Å². The molecule has 1 heterocycles. The fourth-order valence-electron chi connectivity index (χ4n) is 3.73. The van der Waals surface area contributed by atoms with Gasteiger partial charge in [0.25, 0.3) is 5.56 Å². The monoisotopic (exact) mass is 443 g/mol. The molecule has 33 heavy (non-hydrogen) atoms. The van der Waals surface area contributed by atoms with Crippen LogP contribution in [0.3, 0.4) is 0 Å². The lowest BCUT2D eigenvalue weighted by Gasteiger charge is -2.21. The van der Waals surface area contributed by atoms with Gasteiger partial charge in [0.1, 0.15) is 12.4 Å². The number of aromatic nitrogens is 2. The lowest BCUT2D eigenvalue weighted by atomic mass is 10.1. The zero-order chi connectivity index (χ0) is 23.0. The van der Waals surface area contributed by atoms with Gasteiger partial charge in [0.05, 0.1) is 24.1 Å². The number of aromatic amines is 1. The van der Waals surface area contributed by atoms with Gasteiger partial charge >= 0.3 is 0 Å². The van der Waals surface area contributed by atoms with Crippen LogP contribution in [-0.4, -0.2) is 28.0 Å². The van der Waals surface area contributed by atoms with E-state index in [0.717, 1.165) is 29.2 Å². The molecule has 0 aliphatic heterocycles. The Kier molecular flexibility index (Phi) is 7.37. The summed E-state index contributed by atoms with van der Waals surface area (Å²) < 4.78 is 11.9. The summed E-state index contributed by atoms with van der Waals surface area (Å²) in [6, 6.07) is 23.5. The van der Waals surface area contributed by atoms with Crippen LogP contribution in [0.25, 0.3) is 10.9 Å². The summed E-state index contributed by atoms with van der Waals surface area (Å²) in [4.78, 5) is 22.2. The Morgan fingerprint density at radius 3 is 2.42 bits per heavy atom. The third-order valence-corrected chi connectivity index (χ3v) is 5.43. The number of H-pyrrole nitrogens is 1. The number of benzene rings is 3. The standard InChI is InChI=1S/C27H29N3O3/c1-3-30(18-26-28-23-13-9-8-12-22(23)27(31)29-26)17-21-14-15-24(25(16-21)32-4-2)33-19-20-10-6-5-7-11-20/h5-16H,3-4,17-19H2,1-2H3,(H,28,29,31). The van der Waals surface area contributed by atoms with E-state index in [1.54, 1.807) is 6.07 Å². The van der Waals surface area contributed by atoms with Crippen molar-refractivity contribution in [3.8, 4) is 11.5 Å². The van der Waals surface area contributed by atoms with E-state index in [2.05, 4.69) is 27.9 Å². The van der Waals surface area contributed by atoms with E-state index in [0.29, 0.717) is 43.0 Å².